The summed E-state index contributed by atoms with van der Waals surface area (Å²) in [5.74, 6) is -0.186. The number of nitrogens with zero attached hydrogens (tertiary/aromatic N) is 1. The van der Waals surface area contributed by atoms with E-state index >= 15 is 0 Å². The second kappa shape index (κ2) is 4.94. The zero-order valence-corrected chi connectivity index (χ0v) is 11.2. The van der Waals surface area contributed by atoms with Crippen molar-refractivity contribution in [2.45, 2.75) is 19.4 Å². The molecule has 0 fully saturated rings. The van der Waals surface area contributed by atoms with Crippen molar-refractivity contribution in [3.63, 3.8) is 0 Å². The van der Waals surface area contributed by atoms with E-state index in [0.717, 1.165) is 0 Å². The molecule has 0 atom stereocenters. The summed E-state index contributed by atoms with van der Waals surface area (Å²) in [5, 5.41) is 0.532. The number of halogens is 1. The third kappa shape index (κ3) is 2.90. The van der Waals surface area contributed by atoms with E-state index in [2.05, 4.69) is 0 Å². The molecule has 0 spiro atoms. The van der Waals surface area contributed by atoms with Crippen molar-refractivity contribution in [2.24, 2.45) is 0 Å². The quantitative estimate of drug-likeness (QED) is 0.845. The minimum absolute atomic E-state index is 0.186. The normalized spacial score (nSPS) is 11.4. The molecule has 0 saturated heterocycles. The first-order valence-corrected chi connectivity index (χ1v) is 5.55. The first kappa shape index (κ1) is 13.8. The van der Waals surface area contributed by atoms with Crippen LogP contribution in [0.2, 0.25) is 5.02 Å². The number of anilines is 2. The van der Waals surface area contributed by atoms with Crippen LogP contribution in [-0.2, 0) is 9.53 Å². The zero-order valence-electron chi connectivity index (χ0n) is 10.5. The van der Waals surface area contributed by atoms with Gasteiger partial charge in [0.05, 0.1) is 11.4 Å². The number of hydrogen-bond donors (Lipinski definition) is 1. The Kier molecular flexibility index (Phi) is 4.01. The van der Waals surface area contributed by atoms with Crippen LogP contribution in [0.4, 0.5) is 11.4 Å². The van der Waals surface area contributed by atoms with Gasteiger partial charge in [-0.15, -0.1) is 0 Å². The van der Waals surface area contributed by atoms with Crippen LogP contribution in [0.3, 0.4) is 0 Å². The Labute approximate surface area is 106 Å². The number of rotatable bonds is 3. The number of amides is 1. The number of likely N-dealkylation sites (N-methyl/N-ethyl adjacent to an activating group) is 1. The van der Waals surface area contributed by atoms with Crippen LogP contribution in [0.25, 0.3) is 0 Å². The number of methoxy groups -OCH3 is 1. The SMILES string of the molecule is COC(C)(C)C(=O)N(C)c1cc(Cl)ccc1N. The molecule has 0 radical (unpaired) electrons. The van der Waals surface area contributed by atoms with Crippen molar-refractivity contribution in [3.05, 3.63) is 23.2 Å². The molecule has 0 unspecified atom stereocenters. The van der Waals surface area contributed by atoms with Crippen LogP contribution in [0.1, 0.15) is 13.8 Å². The van der Waals surface area contributed by atoms with Gasteiger partial charge in [-0.2, -0.15) is 0 Å². The van der Waals surface area contributed by atoms with E-state index < -0.39 is 5.60 Å². The predicted octanol–water partition coefficient (Wildman–Crippen LogP) is 2.31. The highest BCUT2D eigenvalue weighted by Gasteiger charge is 2.31. The van der Waals surface area contributed by atoms with Gasteiger partial charge in [0, 0.05) is 19.2 Å². The fourth-order valence-corrected chi connectivity index (χ4v) is 1.57. The van der Waals surface area contributed by atoms with E-state index in [-0.39, 0.29) is 5.91 Å². The number of nitrogens with two attached hydrogens (primary N) is 1. The maximum absolute atomic E-state index is 12.2. The molecule has 0 heterocycles. The van der Waals surface area contributed by atoms with E-state index in [0.29, 0.717) is 16.4 Å². The van der Waals surface area contributed by atoms with Crippen molar-refractivity contribution in [1.82, 2.24) is 0 Å². The van der Waals surface area contributed by atoms with Crippen LogP contribution >= 0.6 is 11.6 Å². The van der Waals surface area contributed by atoms with E-state index in [1.807, 2.05) is 0 Å². The molecule has 0 aromatic heterocycles. The molecule has 1 rings (SSSR count). The highest BCUT2D eigenvalue weighted by Crippen LogP contribution is 2.28. The molecule has 0 saturated carbocycles. The van der Waals surface area contributed by atoms with E-state index in [1.165, 1.54) is 12.0 Å². The Bertz CT molecular complexity index is 433. The van der Waals surface area contributed by atoms with Crippen molar-refractivity contribution in [1.29, 1.82) is 0 Å². The average Bonchev–Trinajstić information content (AvgIpc) is 2.30. The van der Waals surface area contributed by atoms with E-state index in [4.69, 9.17) is 22.1 Å². The van der Waals surface area contributed by atoms with Gasteiger partial charge in [-0.3, -0.25) is 4.79 Å². The van der Waals surface area contributed by atoms with Gasteiger partial charge < -0.3 is 15.4 Å². The summed E-state index contributed by atoms with van der Waals surface area (Å²) in [4.78, 5) is 13.6. The van der Waals surface area contributed by atoms with Crippen LogP contribution in [0.15, 0.2) is 18.2 Å². The summed E-state index contributed by atoms with van der Waals surface area (Å²) in [7, 11) is 3.14. The summed E-state index contributed by atoms with van der Waals surface area (Å²) >= 11 is 5.89. The van der Waals surface area contributed by atoms with Crippen molar-refractivity contribution in [3.8, 4) is 0 Å². The largest absolute Gasteiger partial charge is 0.397 e. The molecule has 1 aromatic carbocycles. The smallest absolute Gasteiger partial charge is 0.258 e. The number of carbonyl (C=O) groups is 1. The second-order valence-electron chi connectivity index (χ2n) is 4.28. The Hall–Kier alpha value is -1.26. The van der Waals surface area contributed by atoms with Gasteiger partial charge >= 0.3 is 0 Å². The fourth-order valence-electron chi connectivity index (χ4n) is 1.41. The minimum atomic E-state index is -0.899. The first-order valence-electron chi connectivity index (χ1n) is 5.18. The number of ether oxygens (including phenoxy) is 1. The summed E-state index contributed by atoms with van der Waals surface area (Å²) < 4.78 is 5.15. The van der Waals surface area contributed by atoms with Gasteiger partial charge in [0.2, 0.25) is 0 Å². The average molecular weight is 257 g/mol. The molecular formula is C12H17ClN2O2. The Morgan fingerprint density at radius 1 is 1.47 bits per heavy atom. The number of benzene rings is 1. The molecule has 2 N–H and O–H groups in total. The lowest BCUT2D eigenvalue weighted by Gasteiger charge is -2.28. The standard InChI is InChI=1S/C12H17ClN2O2/c1-12(2,17-4)11(16)15(3)10-7-8(13)5-6-9(10)14/h5-7H,14H2,1-4H3. The van der Waals surface area contributed by atoms with Gasteiger partial charge in [-0.1, -0.05) is 11.6 Å². The molecule has 0 aliphatic carbocycles. The molecular weight excluding hydrogens is 240 g/mol. The van der Waals surface area contributed by atoms with Gasteiger partial charge in [0.25, 0.3) is 5.91 Å². The number of carbonyl (C=O) groups excluding carboxylic acids is 1. The van der Waals surface area contributed by atoms with Crippen molar-refractivity contribution >= 4 is 28.9 Å². The van der Waals surface area contributed by atoms with Gasteiger partial charge in [0.15, 0.2) is 0 Å². The summed E-state index contributed by atoms with van der Waals surface area (Å²) in [6.45, 7) is 3.40. The fraction of sp³-hybridized carbons (Fsp3) is 0.417. The molecule has 1 amide bonds. The molecule has 4 nitrogen and oxygen atoms in total. The van der Waals surface area contributed by atoms with Crippen molar-refractivity contribution in [2.75, 3.05) is 24.8 Å². The van der Waals surface area contributed by atoms with Gasteiger partial charge in [0.1, 0.15) is 5.60 Å². The van der Waals surface area contributed by atoms with Crippen LogP contribution < -0.4 is 10.6 Å². The topological polar surface area (TPSA) is 55.6 Å². The van der Waals surface area contributed by atoms with Gasteiger partial charge in [-0.05, 0) is 32.0 Å². The first-order chi connectivity index (χ1) is 7.79. The Balaban J connectivity index is 3.08. The minimum Gasteiger partial charge on any atom is -0.397 e. The molecule has 1 aromatic rings. The second-order valence-corrected chi connectivity index (χ2v) is 4.72. The van der Waals surface area contributed by atoms with Crippen molar-refractivity contribution < 1.29 is 9.53 Å². The van der Waals surface area contributed by atoms with Crippen LogP contribution in [0, 0.1) is 0 Å². The highest BCUT2D eigenvalue weighted by atomic mass is 35.5. The van der Waals surface area contributed by atoms with Crippen LogP contribution in [-0.4, -0.2) is 25.7 Å². The van der Waals surface area contributed by atoms with E-state index in [9.17, 15) is 4.79 Å². The Morgan fingerprint density at radius 2 is 2.06 bits per heavy atom. The predicted molar refractivity (Wildman–Crippen MR) is 70.4 cm³/mol. The molecule has 0 aliphatic heterocycles. The molecule has 0 aliphatic rings. The maximum atomic E-state index is 12.2. The lowest BCUT2D eigenvalue weighted by molar-refractivity contribution is -0.136. The summed E-state index contributed by atoms with van der Waals surface area (Å²) in [6, 6.07) is 5.00. The molecule has 17 heavy (non-hydrogen) atoms. The number of hydrogen-bond acceptors (Lipinski definition) is 3. The van der Waals surface area contributed by atoms with E-state index in [1.54, 1.807) is 39.1 Å². The highest BCUT2D eigenvalue weighted by molar-refractivity contribution is 6.31. The molecule has 0 bridgehead atoms. The summed E-state index contributed by atoms with van der Waals surface area (Å²) in [5.41, 5.74) is 5.99. The van der Waals surface area contributed by atoms with Gasteiger partial charge in [-0.25, -0.2) is 0 Å². The monoisotopic (exact) mass is 256 g/mol. The number of nitrogen functional groups attached to an aromatic ring is 1. The molecule has 5 heteroatoms. The lowest BCUT2D eigenvalue weighted by atomic mass is 10.1. The zero-order chi connectivity index (χ0) is 13.2. The molecule has 94 valence electrons. The van der Waals surface area contributed by atoms with Crippen LogP contribution in [0.5, 0.6) is 0 Å². The third-order valence-corrected chi connectivity index (χ3v) is 2.92. The third-order valence-electron chi connectivity index (χ3n) is 2.68. The summed E-state index contributed by atoms with van der Waals surface area (Å²) in [6.07, 6.45) is 0. The lowest BCUT2D eigenvalue weighted by Crippen LogP contribution is -2.45. The maximum Gasteiger partial charge on any atom is 0.258 e. The Morgan fingerprint density at radius 3 is 2.59 bits per heavy atom.